The van der Waals surface area contributed by atoms with E-state index in [1.165, 1.54) is 18.7 Å². The molecule has 0 atom stereocenters. The Morgan fingerprint density at radius 2 is 1.44 bits per heavy atom. The molecule has 0 bridgehead atoms. The van der Waals surface area contributed by atoms with Crippen LogP contribution in [0.4, 0.5) is 22.0 Å². The number of benzene rings is 3. The third-order valence-corrected chi connectivity index (χ3v) is 6.29. The zero-order valence-corrected chi connectivity index (χ0v) is 19.6. The molecule has 0 saturated carbocycles. The Kier molecular flexibility index (Phi) is 7.30. The van der Waals surface area contributed by atoms with Crippen molar-refractivity contribution >= 4 is 17.7 Å². The number of ether oxygens (including phenoxy) is 2. The van der Waals surface area contributed by atoms with Gasteiger partial charge in [0, 0.05) is 0 Å². The zero-order chi connectivity index (χ0) is 26.0. The average Bonchev–Trinajstić information content (AvgIpc) is 3.19. The van der Waals surface area contributed by atoms with Gasteiger partial charge in [-0.05, 0) is 36.8 Å². The molecule has 4 aromatic rings. The summed E-state index contributed by atoms with van der Waals surface area (Å²) in [6.45, 7) is 1.45. The molecule has 5 nitrogen and oxygen atoms in total. The van der Waals surface area contributed by atoms with Gasteiger partial charge in [-0.3, -0.25) is 4.79 Å². The van der Waals surface area contributed by atoms with E-state index in [0.29, 0.717) is 17.0 Å². The summed E-state index contributed by atoms with van der Waals surface area (Å²) < 4.78 is 81.8. The minimum Gasteiger partial charge on any atom is -0.497 e. The number of methoxy groups -OCH3 is 1. The molecule has 0 saturated heterocycles. The Balaban J connectivity index is 1.75. The molecule has 0 aliphatic carbocycles. The molecule has 186 valence electrons. The van der Waals surface area contributed by atoms with Gasteiger partial charge in [0.25, 0.3) is 0 Å². The predicted octanol–water partition coefficient (Wildman–Crippen LogP) is 6.18. The summed E-state index contributed by atoms with van der Waals surface area (Å²) in [5.74, 6) is -10.8. The van der Waals surface area contributed by atoms with Gasteiger partial charge in [-0.25, -0.2) is 22.0 Å². The molecule has 0 fully saturated rings. The van der Waals surface area contributed by atoms with Gasteiger partial charge in [0.05, 0.1) is 34.7 Å². The third kappa shape index (κ3) is 4.92. The van der Waals surface area contributed by atoms with E-state index in [1.54, 1.807) is 54.6 Å². The Bertz CT molecular complexity index is 1400. The second kappa shape index (κ2) is 10.4. The van der Waals surface area contributed by atoms with Crippen LogP contribution in [0.25, 0.3) is 5.69 Å². The van der Waals surface area contributed by atoms with Crippen LogP contribution in [0.2, 0.25) is 0 Å². The summed E-state index contributed by atoms with van der Waals surface area (Å²) in [5.41, 5.74) is 1.18. The van der Waals surface area contributed by atoms with Crippen molar-refractivity contribution in [3.63, 3.8) is 0 Å². The van der Waals surface area contributed by atoms with Crippen LogP contribution in [0.1, 0.15) is 11.3 Å². The van der Waals surface area contributed by atoms with Gasteiger partial charge >= 0.3 is 5.97 Å². The normalized spacial score (nSPS) is 11.0. The molecule has 0 aliphatic heterocycles. The molecule has 0 radical (unpaired) electrons. The van der Waals surface area contributed by atoms with E-state index in [1.807, 2.05) is 0 Å². The summed E-state index contributed by atoms with van der Waals surface area (Å²) in [6.07, 6.45) is -0.171. The Hall–Kier alpha value is -3.86. The highest BCUT2D eigenvalue weighted by Crippen LogP contribution is 2.42. The maximum atomic E-state index is 14.4. The number of nitrogens with zero attached hydrogens (tertiary/aromatic N) is 2. The predicted molar refractivity (Wildman–Crippen MR) is 121 cm³/mol. The van der Waals surface area contributed by atoms with Crippen molar-refractivity contribution in [2.45, 2.75) is 23.1 Å². The Labute approximate surface area is 206 Å². The number of carbonyl (C=O) groups excluding carboxylic acids is 1. The molecule has 11 heteroatoms. The number of carbonyl (C=O) groups is 1. The van der Waals surface area contributed by atoms with Crippen LogP contribution in [0.15, 0.2) is 64.4 Å². The second-order valence-electron chi connectivity index (χ2n) is 7.47. The average molecular weight is 520 g/mol. The van der Waals surface area contributed by atoms with Crippen LogP contribution in [0.3, 0.4) is 0 Å². The van der Waals surface area contributed by atoms with E-state index in [2.05, 4.69) is 5.10 Å². The van der Waals surface area contributed by atoms with Gasteiger partial charge in [0.1, 0.15) is 5.75 Å². The number of aryl methyl sites for hydroxylation is 1. The molecule has 1 aromatic heterocycles. The van der Waals surface area contributed by atoms with Crippen LogP contribution in [-0.2, 0) is 11.2 Å². The third-order valence-electron chi connectivity index (χ3n) is 5.06. The monoisotopic (exact) mass is 520 g/mol. The van der Waals surface area contributed by atoms with Crippen molar-refractivity contribution < 1.29 is 36.2 Å². The van der Waals surface area contributed by atoms with Gasteiger partial charge < -0.3 is 9.47 Å². The van der Waals surface area contributed by atoms with E-state index in [0.717, 1.165) is 0 Å². The molecule has 0 amide bonds. The summed E-state index contributed by atoms with van der Waals surface area (Å²) in [4.78, 5) is 11.6. The van der Waals surface area contributed by atoms with E-state index in [-0.39, 0.29) is 34.7 Å². The lowest BCUT2D eigenvalue weighted by molar-refractivity contribution is -0.134. The number of hydrogen-bond acceptors (Lipinski definition) is 5. The van der Waals surface area contributed by atoms with Crippen molar-refractivity contribution in [1.29, 1.82) is 0 Å². The number of aromatic nitrogens is 2. The van der Waals surface area contributed by atoms with Crippen LogP contribution >= 0.6 is 11.8 Å². The number of para-hydroxylation sites is 1. The maximum Gasteiger partial charge on any atom is 0.317 e. The van der Waals surface area contributed by atoms with Gasteiger partial charge in [-0.1, -0.05) is 42.1 Å². The fourth-order valence-corrected chi connectivity index (χ4v) is 4.24. The highest BCUT2D eigenvalue weighted by molar-refractivity contribution is 7.99. The van der Waals surface area contributed by atoms with E-state index >= 15 is 0 Å². The number of halogens is 5. The lowest BCUT2D eigenvalue weighted by atomic mass is 10.1. The minimum absolute atomic E-state index is 0.0925. The highest BCUT2D eigenvalue weighted by Gasteiger charge is 2.30. The minimum atomic E-state index is -2.27. The molecule has 1 heterocycles. The van der Waals surface area contributed by atoms with Crippen molar-refractivity contribution in [3.05, 3.63) is 94.9 Å². The van der Waals surface area contributed by atoms with Gasteiger partial charge in [-0.2, -0.15) is 9.78 Å². The lowest BCUT2D eigenvalue weighted by Gasteiger charge is -2.12. The van der Waals surface area contributed by atoms with Crippen molar-refractivity contribution in [2.24, 2.45) is 0 Å². The lowest BCUT2D eigenvalue weighted by Crippen LogP contribution is -2.14. The maximum absolute atomic E-state index is 14.4. The van der Waals surface area contributed by atoms with E-state index < -0.39 is 40.0 Å². The van der Waals surface area contributed by atoms with Crippen molar-refractivity contribution in [2.75, 3.05) is 7.11 Å². The molecule has 0 N–H and O–H groups in total. The molecule has 0 spiro atoms. The molecule has 4 rings (SSSR count). The smallest absolute Gasteiger partial charge is 0.317 e. The molecule has 0 aliphatic rings. The first kappa shape index (κ1) is 25.2. The summed E-state index contributed by atoms with van der Waals surface area (Å²) in [6, 6.07) is 15.0. The van der Waals surface area contributed by atoms with Crippen molar-refractivity contribution in [1.82, 2.24) is 9.78 Å². The first-order valence-electron chi connectivity index (χ1n) is 10.4. The number of rotatable bonds is 7. The molecular weight excluding hydrogens is 503 g/mol. The first-order chi connectivity index (χ1) is 17.2. The molecule has 36 heavy (non-hydrogen) atoms. The quantitative estimate of drug-likeness (QED) is 0.126. The molecule has 0 unspecified atom stereocenters. The Morgan fingerprint density at radius 3 is 2.03 bits per heavy atom. The van der Waals surface area contributed by atoms with Gasteiger partial charge in [0.15, 0.2) is 23.3 Å². The number of hydrogen-bond donors (Lipinski definition) is 0. The van der Waals surface area contributed by atoms with Crippen LogP contribution in [0.5, 0.6) is 11.6 Å². The van der Waals surface area contributed by atoms with E-state index in [4.69, 9.17) is 9.47 Å². The van der Waals surface area contributed by atoms with Crippen LogP contribution in [0, 0.1) is 36.0 Å². The molecular formula is C25H17F5N2O3S. The number of esters is 1. The first-order valence-corrected chi connectivity index (χ1v) is 11.2. The van der Waals surface area contributed by atoms with Gasteiger partial charge in [0.2, 0.25) is 11.7 Å². The summed E-state index contributed by atoms with van der Waals surface area (Å²) in [5, 5.41) is 4.28. The second-order valence-corrected chi connectivity index (χ2v) is 8.49. The topological polar surface area (TPSA) is 53.4 Å². The molecule has 3 aromatic carbocycles. The van der Waals surface area contributed by atoms with Crippen LogP contribution < -0.4 is 9.47 Å². The van der Waals surface area contributed by atoms with Crippen LogP contribution in [-0.4, -0.2) is 22.9 Å². The zero-order valence-electron chi connectivity index (χ0n) is 18.8. The van der Waals surface area contributed by atoms with Crippen molar-refractivity contribution in [3.8, 4) is 17.3 Å². The van der Waals surface area contributed by atoms with Gasteiger partial charge in [-0.15, -0.1) is 0 Å². The highest BCUT2D eigenvalue weighted by atomic mass is 32.2. The Morgan fingerprint density at radius 1 is 0.861 bits per heavy atom. The fraction of sp³-hybridized carbons (Fsp3) is 0.120. The fourth-order valence-electron chi connectivity index (χ4n) is 3.27. The largest absolute Gasteiger partial charge is 0.497 e. The SMILES string of the molecule is COc1ccc(CC(=O)Oc2c(Sc3c(F)c(F)c(F)c(F)c3F)c(C)nn2-c2ccccc2)cc1. The standard InChI is InChI=1S/C25H17F5N2O3S/c1-13-23(36-24-21(29)19(27)18(26)20(28)22(24)30)25(32(31-13)15-6-4-3-5-7-15)35-17(33)12-14-8-10-16(34-2)11-9-14/h3-11H,12H2,1-2H3. The summed E-state index contributed by atoms with van der Waals surface area (Å²) >= 11 is 0.226. The van der Waals surface area contributed by atoms with E-state index in [9.17, 15) is 26.7 Å². The summed E-state index contributed by atoms with van der Waals surface area (Å²) in [7, 11) is 1.50.